The number of rotatable bonds is 11. The highest BCUT2D eigenvalue weighted by Gasteiger charge is 2.35. The van der Waals surface area contributed by atoms with Crippen molar-refractivity contribution in [2.24, 2.45) is 0 Å². The lowest BCUT2D eigenvalue weighted by Crippen LogP contribution is -2.53. The SMILES string of the molecule is CC[C@@H](C(=O)NC1CCCC1)N(Cc1c(Cl)cccc1Cl)C(=O)CN(c1cccc(Cl)c1C)S(=O)(=O)c1ccc(C)cc1. The molecule has 1 saturated carbocycles. The Morgan fingerprint density at radius 2 is 1.49 bits per heavy atom. The van der Waals surface area contributed by atoms with E-state index < -0.39 is 28.5 Å². The monoisotopic (exact) mass is 663 g/mol. The maximum absolute atomic E-state index is 14.3. The highest BCUT2D eigenvalue weighted by molar-refractivity contribution is 7.92. The Hall–Kier alpha value is -2.78. The number of carbonyl (C=O) groups is 2. The predicted octanol–water partition coefficient (Wildman–Crippen LogP) is 7.33. The quantitative estimate of drug-likeness (QED) is 0.233. The Bertz CT molecular complexity index is 1550. The third kappa shape index (κ3) is 7.66. The van der Waals surface area contributed by atoms with Gasteiger partial charge in [-0.3, -0.25) is 13.9 Å². The van der Waals surface area contributed by atoms with E-state index in [1.165, 1.54) is 17.0 Å². The van der Waals surface area contributed by atoms with Gasteiger partial charge in [-0.25, -0.2) is 8.42 Å². The fourth-order valence-electron chi connectivity index (χ4n) is 5.36. The van der Waals surface area contributed by atoms with Gasteiger partial charge in [0.2, 0.25) is 11.8 Å². The maximum Gasteiger partial charge on any atom is 0.264 e. The molecule has 3 aromatic rings. The van der Waals surface area contributed by atoms with Crippen LogP contribution in [0.2, 0.25) is 15.1 Å². The van der Waals surface area contributed by atoms with Crippen molar-refractivity contribution in [3.8, 4) is 0 Å². The number of benzene rings is 3. The molecule has 0 unspecified atom stereocenters. The van der Waals surface area contributed by atoms with Gasteiger partial charge < -0.3 is 10.2 Å². The summed E-state index contributed by atoms with van der Waals surface area (Å²) < 4.78 is 29.3. The zero-order valence-electron chi connectivity index (χ0n) is 24.4. The molecule has 0 aromatic heterocycles. The van der Waals surface area contributed by atoms with Crippen molar-refractivity contribution in [3.63, 3.8) is 0 Å². The van der Waals surface area contributed by atoms with E-state index in [1.807, 2.05) is 13.8 Å². The molecule has 0 saturated heterocycles. The number of hydrogen-bond donors (Lipinski definition) is 1. The molecule has 0 heterocycles. The summed E-state index contributed by atoms with van der Waals surface area (Å²) in [5.74, 6) is -0.878. The summed E-state index contributed by atoms with van der Waals surface area (Å²) in [7, 11) is -4.22. The number of hydrogen-bond acceptors (Lipinski definition) is 4. The number of carbonyl (C=O) groups excluding carboxylic acids is 2. The average molecular weight is 665 g/mol. The number of halogens is 3. The molecule has 2 amide bonds. The Labute approximate surface area is 269 Å². The third-order valence-electron chi connectivity index (χ3n) is 7.87. The first-order valence-corrected chi connectivity index (χ1v) is 16.9. The third-order valence-corrected chi connectivity index (χ3v) is 10.8. The second-order valence-corrected chi connectivity index (χ2v) is 13.9. The largest absolute Gasteiger partial charge is 0.352 e. The molecular weight excluding hydrogens is 629 g/mol. The molecule has 1 fully saturated rings. The van der Waals surface area contributed by atoms with Gasteiger partial charge in [-0.2, -0.15) is 0 Å². The summed E-state index contributed by atoms with van der Waals surface area (Å²) in [4.78, 5) is 29.4. The van der Waals surface area contributed by atoms with Crippen molar-refractivity contribution >= 4 is 62.3 Å². The Morgan fingerprint density at radius 1 is 0.907 bits per heavy atom. The molecule has 11 heteroatoms. The maximum atomic E-state index is 14.3. The first-order chi connectivity index (χ1) is 20.4. The minimum atomic E-state index is -4.22. The van der Waals surface area contributed by atoms with E-state index in [2.05, 4.69) is 5.32 Å². The van der Waals surface area contributed by atoms with Gasteiger partial charge in [0.25, 0.3) is 10.0 Å². The Kier molecular flexibility index (Phi) is 11.0. The standard InChI is InChI=1S/C32H36Cl3N3O4S/c1-4-29(32(40)36-23-9-5-6-10-23)37(19-25-27(34)12-7-13-28(25)35)31(39)20-38(30-14-8-11-26(33)22(30)3)43(41,42)24-17-15-21(2)16-18-24/h7-8,11-18,23,29H,4-6,9-10,19-20H2,1-3H3,(H,36,40)/t29-/m0/s1. The molecule has 1 aliphatic rings. The summed E-state index contributed by atoms with van der Waals surface area (Å²) in [5, 5.41) is 4.13. The number of nitrogens with one attached hydrogen (secondary N) is 1. The van der Waals surface area contributed by atoms with Crippen molar-refractivity contribution in [3.05, 3.63) is 92.4 Å². The normalized spacial score (nSPS) is 14.4. The number of amides is 2. The second-order valence-electron chi connectivity index (χ2n) is 10.8. The van der Waals surface area contributed by atoms with Crippen LogP contribution in [0.4, 0.5) is 5.69 Å². The van der Waals surface area contributed by atoms with Crippen molar-refractivity contribution in [1.29, 1.82) is 0 Å². The van der Waals surface area contributed by atoms with Crippen LogP contribution in [0, 0.1) is 13.8 Å². The number of anilines is 1. The van der Waals surface area contributed by atoms with Crippen LogP contribution in [0.5, 0.6) is 0 Å². The van der Waals surface area contributed by atoms with Gasteiger partial charge in [0, 0.05) is 33.2 Å². The van der Waals surface area contributed by atoms with E-state index >= 15 is 0 Å². The molecule has 1 atom stereocenters. The minimum Gasteiger partial charge on any atom is -0.352 e. The van der Waals surface area contributed by atoms with Crippen LogP contribution in [0.3, 0.4) is 0 Å². The first-order valence-electron chi connectivity index (χ1n) is 14.3. The molecule has 7 nitrogen and oxygen atoms in total. The molecule has 0 aliphatic heterocycles. The molecule has 3 aromatic carbocycles. The van der Waals surface area contributed by atoms with Crippen molar-refractivity contribution in [2.45, 2.75) is 76.4 Å². The molecule has 1 N–H and O–H groups in total. The van der Waals surface area contributed by atoms with Crippen molar-refractivity contribution < 1.29 is 18.0 Å². The van der Waals surface area contributed by atoms with E-state index in [0.29, 0.717) is 32.6 Å². The van der Waals surface area contributed by atoms with Crippen LogP contribution in [0.15, 0.2) is 65.6 Å². The zero-order chi connectivity index (χ0) is 31.3. The predicted molar refractivity (Wildman–Crippen MR) is 173 cm³/mol. The van der Waals surface area contributed by atoms with Crippen LogP contribution in [-0.4, -0.2) is 43.8 Å². The van der Waals surface area contributed by atoms with Gasteiger partial charge in [-0.1, -0.05) is 84.4 Å². The van der Waals surface area contributed by atoms with Gasteiger partial charge in [-0.05, 0) is 75.1 Å². The van der Waals surface area contributed by atoms with Crippen LogP contribution in [0.25, 0.3) is 0 Å². The smallest absolute Gasteiger partial charge is 0.264 e. The first kappa shape index (κ1) is 33.1. The van der Waals surface area contributed by atoms with Gasteiger partial charge in [0.1, 0.15) is 12.6 Å². The zero-order valence-corrected chi connectivity index (χ0v) is 27.5. The van der Waals surface area contributed by atoms with Gasteiger partial charge in [0.15, 0.2) is 0 Å². The second kappa shape index (κ2) is 14.3. The van der Waals surface area contributed by atoms with Crippen molar-refractivity contribution in [1.82, 2.24) is 10.2 Å². The van der Waals surface area contributed by atoms with E-state index in [9.17, 15) is 18.0 Å². The summed E-state index contributed by atoms with van der Waals surface area (Å²) >= 11 is 19.4. The lowest BCUT2D eigenvalue weighted by molar-refractivity contribution is -0.140. The molecule has 230 valence electrons. The van der Waals surface area contributed by atoms with Gasteiger partial charge in [-0.15, -0.1) is 0 Å². The van der Waals surface area contributed by atoms with E-state index in [1.54, 1.807) is 55.5 Å². The molecule has 43 heavy (non-hydrogen) atoms. The Balaban J connectivity index is 1.78. The van der Waals surface area contributed by atoms with E-state index in [0.717, 1.165) is 35.6 Å². The fourth-order valence-corrected chi connectivity index (χ4v) is 7.52. The lowest BCUT2D eigenvalue weighted by atomic mass is 10.1. The number of aryl methyl sites for hydroxylation is 1. The Morgan fingerprint density at radius 3 is 2.09 bits per heavy atom. The molecular formula is C32H36Cl3N3O4S. The topological polar surface area (TPSA) is 86.8 Å². The summed E-state index contributed by atoms with van der Waals surface area (Å²) in [6, 6.07) is 15.5. The fraction of sp³-hybridized carbons (Fsp3) is 0.375. The lowest BCUT2D eigenvalue weighted by Gasteiger charge is -2.34. The van der Waals surface area contributed by atoms with Crippen LogP contribution in [-0.2, 0) is 26.2 Å². The van der Waals surface area contributed by atoms with Crippen LogP contribution >= 0.6 is 34.8 Å². The van der Waals surface area contributed by atoms with Crippen molar-refractivity contribution in [2.75, 3.05) is 10.8 Å². The molecule has 0 radical (unpaired) electrons. The average Bonchev–Trinajstić information content (AvgIpc) is 3.48. The summed E-state index contributed by atoms with van der Waals surface area (Å²) in [5.41, 5.74) is 2.13. The number of nitrogens with zero attached hydrogens (tertiary/aromatic N) is 2. The summed E-state index contributed by atoms with van der Waals surface area (Å²) in [6.45, 7) is 4.71. The van der Waals surface area contributed by atoms with Gasteiger partial charge in [0.05, 0.1) is 10.6 Å². The molecule has 0 spiro atoms. The van der Waals surface area contributed by atoms with E-state index in [4.69, 9.17) is 34.8 Å². The number of sulfonamides is 1. The van der Waals surface area contributed by atoms with Gasteiger partial charge >= 0.3 is 0 Å². The highest BCUT2D eigenvalue weighted by atomic mass is 35.5. The van der Waals surface area contributed by atoms with Crippen LogP contribution in [0.1, 0.15) is 55.7 Å². The molecule has 1 aliphatic carbocycles. The van der Waals surface area contributed by atoms with Crippen LogP contribution < -0.4 is 9.62 Å². The molecule has 0 bridgehead atoms. The minimum absolute atomic E-state index is 0.0250. The highest BCUT2D eigenvalue weighted by Crippen LogP contribution is 2.32. The molecule has 4 rings (SSSR count). The van der Waals surface area contributed by atoms with E-state index in [-0.39, 0.29) is 29.1 Å². The summed E-state index contributed by atoms with van der Waals surface area (Å²) in [6.07, 6.45) is 4.12.